The number of nitrogens with zero attached hydrogens (tertiary/aromatic N) is 2. The van der Waals surface area contributed by atoms with Gasteiger partial charge in [-0.2, -0.15) is 0 Å². The molecule has 3 aromatic rings. The van der Waals surface area contributed by atoms with E-state index in [4.69, 9.17) is 0 Å². The molecule has 1 aromatic heterocycles. The molecule has 6 nitrogen and oxygen atoms in total. The van der Waals surface area contributed by atoms with Crippen LogP contribution in [0.4, 0.5) is 5.69 Å². The SMILES string of the molecule is Cn1cnc2cc(NC(=O)c3cccc4c3CNCC4)ccc2c1=O. The minimum Gasteiger partial charge on any atom is -0.322 e. The quantitative estimate of drug-likeness (QED) is 0.750. The predicted molar refractivity (Wildman–Crippen MR) is 96.8 cm³/mol. The first-order chi connectivity index (χ1) is 12.1. The van der Waals surface area contributed by atoms with Crippen LogP contribution >= 0.6 is 0 Å². The van der Waals surface area contributed by atoms with Crippen molar-refractivity contribution in [1.29, 1.82) is 0 Å². The van der Waals surface area contributed by atoms with Crippen LogP contribution in [0.15, 0.2) is 47.5 Å². The number of carbonyl (C=O) groups excluding carboxylic acids is 1. The summed E-state index contributed by atoms with van der Waals surface area (Å²) < 4.78 is 1.43. The number of aromatic nitrogens is 2. The molecular formula is C19H18N4O2. The second kappa shape index (κ2) is 6.14. The summed E-state index contributed by atoms with van der Waals surface area (Å²) in [5.41, 5.74) is 4.04. The van der Waals surface area contributed by atoms with Gasteiger partial charge in [-0.1, -0.05) is 12.1 Å². The number of rotatable bonds is 2. The highest BCUT2D eigenvalue weighted by atomic mass is 16.1. The molecule has 0 spiro atoms. The zero-order valence-electron chi connectivity index (χ0n) is 13.9. The van der Waals surface area contributed by atoms with Gasteiger partial charge in [0.25, 0.3) is 11.5 Å². The van der Waals surface area contributed by atoms with Gasteiger partial charge in [-0.05, 0) is 48.4 Å². The van der Waals surface area contributed by atoms with Gasteiger partial charge in [0.1, 0.15) is 0 Å². The summed E-state index contributed by atoms with van der Waals surface area (Å²) in [6.45, 7) is 1.64. The van der Waals surface area contributed by atoms with Crippen molar-refractivity contribution < 1.29 is 4.79 Å². The minimum absolute atomic E-state index is 0.105. The van der Waals surface area contributed by atoms with Gasteiger partial charge in [0.15, 0.2) is 0 Å². The predicted octanol–water partition coefficient (Wildman–Crippen LogP) is 1.83. The number of fused-ring (bicyclic) bond motifs is 2. The van der Waals surface area contributed by atoms with Gasteiger partial charge in [-0.25, -0.2) is 4.98 Å². The average molecular weight is 334 g/mol. The molecule has 0 saturated heterocycles. The van der Waals surface area contributed by atoms with Gasteiger partial charge < -0.3 is 15.2 Å². The second-order valence-corrected chi connectivity index (χ2v) is 6.22. The van der Waals surface area contributed by atoms with Gasteiger partial charge in [0.05, 0.1) is 17.2 Å². The van der Waals surface area contributed by atoms with Gasteiger partial charge in [0.2, 0.25) is 0 Å². The number of aryl methyl sites for hydroxylation is 1. The number of anilines is 1. The molecule has 2 heterocycles. The fourth-order valence-electron chi connectivity index (χ4n) is 3.21. The third-order valence-electron chi connectivity index (χ3n) is 4.57. The van der Waals surface area contributed by atoms with E-state index in [-0.39, 0.29) is 11.5 Å². The maximum Gasteiger partial charge on any atom is 0.260 e. The summed E-state index contributed by atoms with van der Waals surface area (Å²) in [7, 11) is 1.66. The summed E-state index contributed by atoms with van der Waals surface area (Å²) in [6, 6.07) is 11.0. The Balaban J connectivity index is 1.66. The van der Waals surface area contributed by atoms with E-state index < -0.39 is 0 Å². The molecule has 0 atom stereocenters. The lowest BCUT2D eigenvalue weighted by Crippen LogP contribution is -2.27. The standard InChI is InChI=1S/C19H18N4O2/c1-23-11-21-17-9-13(5-6-15(17)19(23)25)22-18(24)14-4-2-3-12-7-8-20-10-16(12)14/h2-6,9,11,20H,7-8,10H2,1H3,(H,22,24). The van der Waals surface area contributed by atoms with E-state index in [1.165, 1.54) is 16.5 Å². The average Bonchev–Trinajstić information content (AvgIpc) is 2.64. The number of hydrogen-bond donors (Lipinski definition) is 2. The fourth-order valence-corrected chi connectivity index (χ4v) is 3.21. The molecule has 25 heavy (non-hydrogen) atoms. The van der Waals surface area contributed by atoms with Crippen LogP contribution in [-0.2, 0) is 20.0 Å². The first-order valence-corrected chi connectivity index (χ1v) is 8.22. The van der Waals surface area contributed by atoms with Gasteiger partial charge in [0, 0.05) is 24.8 Å². The Labute approximate surface area is 144 Å². The first kappa shape index (κ1) is 15.5. The van der Waals surface area contributed by atoms with Crippen molar-refractivity contribution in [3.63, 3.8) is 0 Å². The van der Waals surface area contributed by atoms with Gasteiger partial charge in [-0.15, -0.1) is 0 Å². The smallest absolute Gasteiger partial charge is 0.260 e. The highest BCUT2D eigenvalue weighted by Gasteiger charge is 2.17. The number of hydrogen-bond acceptors (Lipinski definition) is 4. The van der Waals surface area contributed by atoms with Crippen LogP contribution in [0.2, 0.25) is 0 Å². The molecule has 6 heteroatoms. The van der Waals surface area contributed by atoms with Crippen molar-refractivity contribution >= 4 is 22.5 Å². The lowest BCUT2D eigenvalue weighted by Gasteiger charge is -2.20. The second-order valence-electron chi connectivity index (χ2n) is 6.22. The normalized spacial score (nSPS) is 13.5. The van der Waals surface area contributed by atoms with Crippen molar-refractivity contribution in [3.8, 4) is 0 Å². The van der Waals surface area contributed by atoms with Crippen molar-refractivity contribution in [2.24, 2.45) is 7.05 Å². The van der Waals surface area contributed by atoms with E-state index in [2.05, 4.69) is 21.7 Å². The molecule has 0 saturated carbocycles. The number of nitrogens with one attached hydrogen (secondary N) is 2. The van der Waals surface area contributed by atoms with Crippen LogP contribution in [0.3, 0.4) is 0 Å². The Morgan fingerprint density at radius 3 is 3.04 bits per heavy atom. The summed E-state index contributed by atoms with van der Waals surface area (Å²) in [5.74, 6) is -0.149. The molecule has 1 amide bonds. The van der Waals surface area contributed by atoms with Crippen LogP contribution < -0.4 is 16.2 Å². The van der Waals surface area contributed by atoms with Crippen molar-refractivity contribution in [2.75, 3.05) is 11.9 Å². The van der Waals surface area contributed by atoms with Crippen LogP contribution in [0.25, 0.3) is 10.9 Å². The Morgan fingerprint density at radius 2 is 2.16 bits per heavy atom. The molecule has 1 aliphatic rings. The summed E-state index contributed by atoms with van der Waals surface area (Å²) in [4.78, 5) is 29.0. The molecule has 4 rings (SSSR count). The topological polar surface area (TPSA) is 76.0 Å². The zero-order chi connectivity index (χ0) is 17.4. The van der Waals surface area contributed by atoms with E-state index in [1.807, 2.05) is 12.1 Å². The molecule has 0 bridgehead atoms. The highest BCUT2D eigenvalue weighted by Crippen LogP contribution is 2.21. The molecule has 0 aliphatic carbocycles. The lowest BCUT2D eigenvalue weighted by molar-refractivity contribution is 0.102. The largest absolute Gasteiger partial charge is 0.322 e. The summed E-state index contributed by atoms with van der Waals surface area (Å²) in [5, 5.41) is 6.76. The van der Waals surface area contributed by atoms with Crippen LogP contribution in [0.1, 0.15) is 21.5 Å². The number of benzene rings is 2. The molecule has 126 valence electrons. The van der Waals surface area contributed by atoms with Crippen LogP contribution in [-0.4, -0.2) is 22.0 Å². The molecule has 2 N–H and O–H groups in total. The maximum absolute atomic E-state index is 12.7. The highest BCUT2D eigenvalue weighted by molar-refractivity contribution is 6.06. The van der Waals surface area contributed by atoms with E-state index >= 15 is 0 Å². The number of amides is 1. The lowest BCUT2D eigenvalue weighted by atomic mass is 9.95. The van der Waals surface area contributed by atoms with Crippen molar-refractivity contribution in [1.82, 2.24) is 14.9 Å². The summed E-state index contributed by atoms with van der Waals surface area (Å²) in [6.07, 6.45) is 2.41. The molecule has 1 aliphatic heterocycles. The number of carbonyl (C=O) groups is 1. The Bertz CT molecular complexity index is 1040. The van der Waals surface area contributed by atoms with E-state index in [1.54, 1.807) is 25.2 Å². The monoisotopic (exact) mass is 334 g/mol. The molecule has 0 radical (unpaired) electrons. The van der Waals surface area contributed by atoms with E-state index in [0.29, 0.717) is 28.7 Å². The van der Waals surface area contributed by atoms with E-state index in [9.17, 15) is 9.59 Å². The van der Waals surface area contributed by atoms with Crippen LogP contribution in [0.5, 0.6) is 0 Å². The van der Waals surface area contributed by atoms with Crippen molar-refractivity contribution in [2.45, 2.75) is 13.0 Å². The molecule has 0 fully saturated rings. The van der Waals surface area contributed by atoms with Gasteiger partial charge >= 0.3 is 0 Å². The van der Waals surface area contributed by atoms with E-state index in [0.717, 1.165) is 18.5 Å². The Kier molecular flexibility index (Phi) is 3.82. The maximum atomic E-state index is 12.7. The fraction of sp³-hybridized carbons (Fsp3) is 0.211. The van der Waals surface area contributed by atoms with Crippen LogP contribution in [0, 0.1) is 0 Å². The van der Waals surface area contributed by atoms with Crippen molar-refractivity contribution in [3.05, 3.63) is 69.8 Å². The van der Waals surface area contributed by atoms with Gasteiger partial charge in [-0.3, -0.25) is 9.59 Å². The third-order valence-corrected chi connectivity index (χ3v) is 4.57. The minimum atomic E-state index is -0.149. The first-order valence-electron chi connectivity index (χ1n) is 8.22. The zero-order valence-corrected chi connectivity index (χ0v) is 13.9. The third kappa shape index (κ3) is 2.81. The summed E-state index contributed by atoms with van der Waals surface area (Å²) >= 11 is 0. The molecule has 0 unspecified atom stereocenters. The molecular weight excluding hydrogens is 316 g/mol. The molecule has 2 aromatic carbocycles. The Hall–Kier alpha value is -2.99. The Morgan fingerprint density at radius 1 is 1.28 bits per heavy atom.